The van der Waals surface area contributed by atoms with E-state index in [1.54, 1.807) is 13.0 Å². The Morgan fingerprint density at radius 1 is 1.07 bits per heavy atom. The van der Waals surface area contributed by atoms with E-state index in [-0.39, 0.29) is 45.3 Å². The number of ketones is 1. The van der Waals surface area contributed by atoms with Gasteiger partial charge in [0.15, 0.2) is 12.1 Å². The Hall–Kier alpha value is -2.33. The van der Waals surface area contributed by atoms with Crippen LogP contribution in [0.4, 0.5) is 0 Å². The van der Waals surface area contributed by atoms with Gasteiger partial charge in [0, 0.05) is 11.0 Å². The van der Waals surface area contributed by atoms with E-state index in [1.165, 1.54) is 0 Å². The van der Waals surface area contributed by atoms with Gasteiger partial charge in [-0.05, 0) is 51.7 Å². The van der Waals surface area contributed by atoms with Crippen LogP contribution in [0.5, 0.6) is 11.5 Å². The highest BCUT2D eigenvalue weighted by Crippen LogP contribution is 2.40. The fraction of sp³-hybridized carbons (Fsp3) is 0.417. The van der Waals surface area contributed by atoms with Crippen molar-refractivity contribution in [3.8, 4) is 11.5 Å². The van der Waals surface area contributed by atoms with E-state index in [1.807, 2.05) is 46.8 Å². The molecule has 0 aliphatic rings. The Morgan fingerprint density at radius 3 is 2.24 bits per heavy atom. The molecule has 0 aliphatic carbocycles. The molecule has 5 heteroatoms. The first-order chi connectivity index (χ1) is 13.4. The Balaban J connectivity index is 2.79. The normalized spacial score (nSPS) is 13.2. The molecule has 1 rings (SSSR count). The van der Waals surface area contributed by atoms with E-state index in [0.29, 0.717) is 11.8 Å². The first-order valence-electron chi connectivity index (χ1n) is 9.63. The van der Waals surface area contributed by atoms with E-state index in [2.05, 4.69) is 6.08 Å². The molecular weight excluding hydrogens is 388 g/mol. The number of carbonyl (C=O) groups excluding carboxylic acids is 2. The van der Waals surface area contributed by atoms with Gasteiger partial charge in [-0.15, -0.1) is 0 Å². The standard InChI is InChI=1S/C24H31ClO4/c1-15(8-7-9-16(2)11-13-20(27)24(4,5)6)10-12-18-22(28)19(14-26)17(3)21(25)23(18)29/h9-11,13-14,28-29H,7-8,12H2,1-6H3. The lowest BCUT2D eigenvalue weighted by atomic mass is 9.90. The SMILES string of the molecule is CC(C=CC(=O)C(C)(C)C)=CCCC(C)=CCc1c(O)c(Cl)c(C)c(C=O)c1O. The van der Waals surface area contributed by atoms with Crippen LogP contribution in [0, 0.1) is 12.3 Å². The molecule has 1 aromatic carbocycles. The number of allylic oxidation sites excluding steroid dienone is 6. The lowest BCUT2D eigenvalue weighted by Crippen LogP contribution is -2.17. The highest BCUT2D eigenvalue weighted by molar-refractivity contribution is 6.33. The zero-order chi connectivity index (χ0) is 22.4. The van der Waals surface area contributed by atoms with Crippen molar-refractivity contribution in [1.82, 2.24) is 0 Å². The van der Waals surface area contributed by atoms with E-state index < -0.39 is 0 Å². The molecule has 1 aromatic rings. The average Bonchev–Trinajstić information content (AvgIpc) is 2.64. The molecule has 4 nitrogen and oxygen atoms in total. The number of rotatable bonds is 8. The quantitative estimate of drug-likeness (QED) is 0.226. The third-order valence-corrected chi connectivity index (χ3v) is 5.24. The summed E-state index contributed by atoms with van der Waals surface area (Å²) in [4.78, 5) is 23.1. The third-order valence-electron chi connectivity index (χ3n) is 4.78. The van der Waals surface area contributed by atoms with Crippen LogP contribution in [0.25, 0.3) is 0 Å². The molecule has 0 aliphatic heterocycles. The summed E-state index contributed by atoms with van der Waals surface area (Å²) < 4.78 is 0. The first-order valence-corrected chi connectivity index (χ1v) is 10.0. The molecule has 0 spiro atoms. The van der Waals surface area contributed by atoms with Crippen LogP contribution in [0.3, 0.4) is 0 Å². The van der Waals surface area contributed by atoms with Gasteiger partial charge in [-0.25, -0.2) is 0 Å². The number of hydrogen-bond acceptors (Lipinski definition) is 4. The predicted molar refractivity (Wildman–Crippen MR) is 119 cm³/mol. The molecule has 158 valence electrons. The van der Waals surface area contributed by atoms with Crippen molar-refractivity contribution in [3.05, 3.63) is 57.2 Å². The average molecular weight is 419 g/mol. The van der Waals surface area contributed by atoms with Gasteiger partial charge in [0.05, 0.1) is 10.6 Å². The maximum Gasteiger partial charge on any atom is 0.160 e. The third kappa shape index (κ3) is 6.90. The molecule has 0 heterocycles. The molecular formula is C24H31ClO4. The Labute approximate surface area is 178 Å². The van der Waals surface area contributed by atoms with E-state index in [0.717, 1.165) is 24.0 Å². The maximum atomic E-state index is 11.9. The summed E-state index contributed by atoms with van der Waals surface area (Å²) in [6, 6.07) is 0. The van der Waals surface area contributed by atoms with Crippen LogP contribution in [0.2, 0.25) is 5.02 Å². The highest BCUT2D eigenvalue weighted by Gasteiger charge is 2.19. The van der Waals surface area contributed by atoms with Crippen molar-refractivity contribution < 1.29 is 19.8 Å². The Morgan fingerprint density at radius 2 is 1.69 bits per heavy atom. The van der Waals surface area contributed by atoms with Gasteiger partial charge in [-0.2, -0.15) is 0 Å². The van der Waals surface area contributed by atoms with Gasteiger partial charge in [-0.1, -0.05) is 61.7 Å². The summed E-state index contributed by atoms with van der Waals surface area (Å²) in [7, 11) is 0. The molecule has 0 aromatic heterocycles. The number of aldehydes is 1. The molecule has 2 N–H and O–H groups in total. The summed E-state index contributed by atoms with van der Waals surface area (Å²) >= 11 is 6.07. The minimum Gasteiger partial charge on any atom is -0.507 e. The minimum absolute atomic E-state index is 0.0844. The van der Waals surface area contributed by atoms with Crippen molar-refractivity contribution in [2.24, 2.45) is 5.41 Å². The highest BCUT2D eigenvalue weighted by atomic mass is 35.5. The number of hydrogen-bond donors (Lipinski definition) is 2. The second-order valence-corrected chi connectivity index (χ2v) is 8.71. The zero-order valence-corrected chi connectivity index (χ0v) is 18.9. The Kier molecular flexibility index (Phi) is 8.90. The van der Waals surface area contributed by atoms with Crippen LogP contribution < -0.4 is 0 Å². The van der Waals surface area contributed by atoms with Gasteiger partial charge in [0.1, 0.15) is 11.5 Å². The molecule has 0 radical (unpaired) electrons. The van der Waals surface area contributed by atoms with Crippen LogP contribution >= 0.6 is 11.6 Å². The van der Waals surface area contributed by atoms with Gasteiger partial charge < -0.3 is 10.2 Å². The van der Waals surface area contributed by atoms with Gasteiger partial charge >= 0.3 is 0 Å². The second-order valence-electron chi connectivity index (χ2n) is 8.34. The second kappa shape index (κ2) is 10.4. The van der Waals surface area contributed by atoms with Crippen LogP contribution in [-0.4, -0.2) is 22.3 Å². The summed E-state index contributed by atoms with van der Waals surface area (Å²) in [5, 5.41) is 20.6. The topological polar surface area (TPSA) is 74.6 Å². The lowest BCUT2D eigenvalue weighted by Gasteiger charge is -2.13. The number of phenolic OH excluding ortho intramolecular Hbond substituents is 2. The monoisotopic (exact) mass is 418 g/mol. The first kappa shape index (κ1) is 24.7. The predicted octanol–water partition coefficient (Wildman–Crippen LogP) is 6.26. The zero-order valence-electron chi connectivity index (χ0n) is 18.1. The molecule has 0 fully saturated rings. The van der Waals surface area contributed by atoms with E-state index in [4.69, 9.17) is 11.6 Å². The van der Waals surface area contributed by atoms with Crippen molar-refractivity contribution in [1.29, 1.82) is 0 Å². The van der Waals surface area contributed by atoms with Crippen molar-refractivity contribution in [2.45, 2.75) is 60.8 Å². The fourth-order valence-corrected chi connectivity index (χ4v) is 2.87. The number of carbonyl (C=O) groups is 2. The number of phenols is 2. The van der Waals surface area contributed by atoms with Crippen LogP contribution in [0.15, 0.2) is 35.5 Å². The van der Waals surface area contributed by atoms with Crippen LogP contribution in [0.1, 0.15) is 68.9 Å². The summed E-state index contributed by atoms with van der Waals surface area (Å²) in [5.74, 6) is -0.332. The number of halogens is 1. The fourth-order valence-electron chi connectivity index (χ4n) is 2.65. The molecule has 29 heavy (non-hydrogen) atoms. The molecule has 0 saturated heterocycles. The van der Waals surface area contributed by atoms with Gasteiger partial charge in [-0.3, -0.25) is 9.59 Å². The summed E-state index contributed by atoms with van der Waals surface area (Å²) in [6.07, 6.45) is 9.82. The van der Waals surface area contributed by atoms with Crippen molar-refractivity contribution in [3.63, 3.8) is 0 Å². The molecule has 0 atom stereocenters. The van der Waals surface area contributed by atoms with Crippen LogP contribution in [-0.2, 0) is 11.2 Å². The molecule has 0 amide bonds. The van der Waals surface area contributed by atoms with Gasteiger partial charge in [0.25, 0.3) is 0 Å². The lowest BCUT2D eigenvalue weighted by molar-refractivity contribution is -0.121. The summed E-state index contributed by atoms with van der Waals surface area (Å²) in [6.45, 7) is 11.2. The maximum absolute atomic E-state index is 11.9. The summed E-state index contributed by atoms with van der Waals surface area (Å²) in [5.41, 5.74) is 2.43. The largest absolute Gasteiger partial charge is 0.507 e. The smallest absolute Gasteiger partial charge is 0.160 e. The number of benzene rings is 1. The van der Waals surface area contributed by atoms with E-state index >= 15 is 0 Å². The number of aromatic hydroxyl groups is 2. The van der Waals surface area contributed by atoms with Crippen molar-refractivity contribution in [2.75, 3.05) is 0 Å². The van der Waals surface area contributed by atoms with E-state index in [9.17, 15) is 19.8 Å². The van der Waals surface area contributed by atoms with Gasteiger partial charge in [0.2, 0.25) is 0 Å². The molecule has 0 saturated carbocycles. The Bertz CT molecular complexity index is 868. The molecule has 0 unspecified atom stereocenters. The van der Waals surface area contributed by atoms with Crippen molar-refractivity contribution >= 4 is 23.7 Å². The minimum atomic E-state index is -0.379. The molecule has 0 bridgehead atoms.